The smallest absolute Gasteiger partial charge is 0.315 e. The molecule has 2 amide bonds. The monoisotopic (exact) mass is 491 g/mol. The summed E-state index contributed by atoms with van der Waals surface area (Å²) >= 11 is 0. The number of aryl methyl sites for hydroxylation is 1. The molecule has 0 radical (unpaired) electrons. The number of aromatic nitrogens is 5. The fourth-order valence-electron chi connectivity index (χ4n) is 5.06. The Morgan fingerprint density at radius 2 is 1.83 bits per heavy atom. The molecule has 36 heavy (non-hydrogen) atoms. The van der Waals surface area contributed by atoms with E-state index in [-0.39, 0.29) is 24.2 Å². The van der Waals surface area contributed by atoms with Gasteiger partial charge in [0.15, 0.2) is 5.82 Å². The number of nitrogens with one attached hydrogen (secondary N) is 6. The van der Waals surface area contributed by atoms with E-state index in [1.54, 1.807) is 6.20 Å². The lowest BCUT2D eigenvalue weighted by molar-refractivity contribution is -0.902. The van der Waals surface area contributed by atoms with Crippen LogP contribution in [0.2, 0.25) is 0 Å². The van der Waals surface area contributed by atoms with Crippen molar-refractivity contribution < 1.29 is 9.69 Å². The average molecular weight is 492 g/mol. The number of likely N-dealkylation sites (tertiary alicyclic amines) is 1. The zero-order valence-electron chi connectivity index (χ0n) is 20.6. The lowest BCUT2D eigenvalue weighted by Gasteiger charge is -2.30. The molecule has 6 N–H and O–H groups in total. The van der Waals surface area contributed by atoms with Crippen molar-refractivity contribution in [2.75, 3.05) is 23.7 Å². The molecule has 5 rings (SSSR count). The number of nitrogens with zero attached hydrogens (tertiary/aromatic N) is 4. The second-order valence-electron chi connectivity index (χ2n) is 9.82. The zero-order chi connectivity index (χ0) is 24.7. The number of hydrogen-bond acceptors (Lipinski definition) is 7. The minimum absolute atomic E-state index is 0.0498. The molecule has 2 fully saturated rings. The third-order valence-corrected chi connectivity index (χ3v) is 6.89. The second-order valence-corrected chi connectivity index (χ2v) is 9.82. The van der Waals surface area contributed by atoms with Crippen molar-refractivity contribution >= 4 is 23.6 Å². The Labute approximate surface area is 210 Å². The van der Waals surface area contributed by atoms with Crippen LogP contribution in [0, 0.1) is 6.92 Å². The Morgan fingerprint density at radius 3 is 2.61 bits per heavy atom. The maximum atomic E-state index is 12.6. The van der Waals surface area contributed by atoms with Gasteiger partial charge in [-0.25, -0.2) is 9.78 Å². The summed E-state index contributed by atoms with van der Waals surface area (Å²) < 4.78 is 0. The minimum atomic E-state index is -0.0498. The second kappa shape index (κ2) is 11.3. The maximum Gasteiger partial charge on any atom is 0.315 e. The minimum Gasteiger partial charge on any atom is -0.351 e. The molecule has 2 aliphatic rings. The number of anilines is 3. The van der Waals surface area contributed by atoms with Crippen LogP contribution >= 0.6 is 0 Å². The van der Waals surface area contributed by atoms with Gasteiger partial charge < -0.3 is 26.2 Å². The predicted molar refractivity (Wildman–Crippen MR) is 137 cm³/mol. The van der Waals surface area contributed by atoms with E-state index in [0.717, 1.165) is 68.9 Å². The van der Waals surface area contributed by atoms with E-state index >= 15 is 0 Å². The highest BCUT2D eigenvalue weighted by Crippen LogP contribution is 2.22. The molecule has 2 unspecified atom stereocenters. The number of amides is 2. The first-order valence-electron chi connectivity index (χ1n) is 12.8. The molecule has 2 atom stereocenters. The van der Waals surface area contributed by atoms with E-state index in [0.29, 0.717) is 11.8 Å². The van der Waals surface area contributed by atoms with Gasteiger partial charge in [0.2, 0.25) is 5.95 Å². The Bertz CT molecular complexity index is 1130. The summed E-state index contributed by atoms with van der Waals surface area (Å²) in [7, 11) is 0. The highest BCUT2D eigenvalue weighted by molar-refractivity contribution is 5.74. The van der Waals surface area contributed by atoms with Gasteiger partial charge in [-0.3, -0.25) is 10.1 Å². The molecule has 1 saturated carbocycles. The van der Waals surface area contributed by atoms with Crippen molar-refractivity contribution in [1.82, 2.24) is 35.8 Å². The predicted octanol–water partition coefficient (Wildman–Crippen LogP) is 1.53. The van der Waals surface area contributed by atoms with Crippen LogP contribution in [0.5, 0.6) is 0 Å². The van der Waals surface area contributed by atoms with Crippen LogP contribution in [0.4, 0.5) is 22.4 Å². The number of carbonyl (C=O) groups is 1. The van der Waals surface area contributed by atoms with Gasteiger partial charge in [-0.1, -0.05) is 6.07 Å². The van der Waals surface area contributed by atoms with Crippen molar-refractivity contribution in [3.8, 4) is 0 Å². The molecule has 190 valence electrons. The standard InChI is InChI=1S/C25H34N10O/c1-17-14-23(34-33-17)31-22-9-12-27-24(32-22)28-18-5-7-19(8-6-18)29-25(36)30-21-10-13-35(16-21)15-20-4-2-3-11-26-20/h2-4,9,11-12,14,18-19,21H,5-8,10,13,15-16H2,1H3,(H2,29,30,36)(H3,27,28,31,32,33,34)/p+1. The van der Waals surface area contributed by atoms with Crippen LogP contribution in [-0.2, 0) is 6.54 Å². The summed E-state index contributed by atoms with van der Waals surface area (Å²) in [5.41, 5.74) is 2.08. The third-order valence-electron chi connectivity index (χ3n) is 6.89. The molecule has 11 heteroatoms. The van der Waals surface area contributed by atoms with Crippen LogP contribution < -0.4 is 26.2 Å². The van der Waals surface area contributed by atoms with E-state index in [1.165, 1.54) is 4.90 Å². The van der Waals surface area contributed by atoms with Gasteiger partial charge in [0.05, 0.1) is 24.8 Å². The van der Waals surface area contributed by atoms with Crippen LogP contribution in [-0.4, -0.2) is 62.4 Å². The van der Waals surface area contributed by atoms with Crippen molar-refractivity contribution in [2.45, 2.75) is 63.7 Å². The fourth-order valence-corrected chi connectivity index (χ4v) is 5.06. The number of rotatable bonds is 8. The Kier molecular flexibility index (Phi) is 7.55. The van der Waals surface area contributed by atoms with Gasteiger partial charge in [0.1, 0.15) is 12.4 Å². The summed E-state index contributed by atoms with van der Waals surface area (Å²) in [5.74, 6) is 2.01. The van der Waals surface area contributed by atoms with Gasteiger partial charge in [-0.15, -0.1) is 0 Å². The SMILES string of the molecule is Cc1cc(Nc2ccnc(NC3CCC(NC(=O)NC4CC[NH+](Cc5ccccn5)C4)CC3)n2)n[nH]1. The van der Waals surface area contributed by atoms with Gasteiger partial charge in [-0.05, 0) is 50.8 Å². The Hall–Kier alpha value is -3.73. The Balaban J connectivity index is 1.02. The third kappa shape index (κ3) is 6.69. The van der Waals surface area contributed by atoms with Crippen LogP contribution in [0.15, 0.2) is 42.7 Å². The number of H-pyrrole nitrogens is 1. The average Bonchev–Trinajstić information content (AvgIpc) is 3.49. The molecule has 1 aliphatic carbocycles. The topological polar surface area (TPSA) is 137 Å². The first-order chi connectivity index (χ1) is 17.6. The molecule has 0 aromatic carbocycles. The van der Waals surface area contributed by atoms with E-state index in [1.807, 2.05) is 37.4 Å². The molecule has 1 aliphatic heterocycles. The normalized spacial score (nSPS) is 23.7. The first kappa shape index (κ1) is 24.0. The van der Waals surface area contributed by atoms with Gasteiger partial charge in [0, 0.05) is 42.7 Å². The van der Waals surface area contributed by atoms with Crippen molar-refractivity contribution in [1.29, 1.82) is 0 Å². The van der Waals surface area contributed by atoms with Crippen LogP contribution in [0.1, 0.15) is 43.5 Å². The number of quaternary nitrogens is 1. The fraction of sp³-hybridized carbons (Fsp3) is 0.480. The number of aromatic amines is 1. The lowest BCUT2D eigenvalue weighted by atomic mass is 9.91. The number of carbonyl (C=O) groups excluding carboxylic acids is 1. The van der Waals surface area contributed by atoms with Crippen molar-refractivity contribution in [3.63, 3.8) is 0 Å². The number of hydrogen-bond donors (Lipinski definition) is 6. The molecule has 11 nitrogen and oxygen atoms in total. The highest BCUT2D eigenvalue weighted by Gasteiger charge is 2.29. The molecule has 0 spiro atoms. The van der Waals surface area contributed by atoms with Crippen LogP contribution in [0.25, 0.3) is 0 Å². The highest BCUT2D eigenvalue weighted by atomic mass is 16.2. The van der Waals surface area contributed by atoms with Gasteiger partial charge in [-0.2, -0.15) is 10.1 Å². The first-order valence-corrected chi connectivity index (χ1v) is 12.8. The molecule has 1 saturated heterocycles. The largest absolute Gasteiger partial charge is 0.351 e. The molecule has 4 heterocycles. The summed E-state index contributed by atoms with van der Waals surface area (Å²) in [4.78, 5) is 27.4. The van der Waals surface area contributed by atoms with Crippen molar-refractivity contribution in [3.05, 3.63) is 54.1 Å². The van der Waals surface area contributed by atoms with Crippen molar-refractivity contribution in [2.24, 2.45) is 0 Å². The molecule has 0 bridgehead atoms. The summed E-state index contributed by atoms with van der Waals surface area (Å²) in [6.07, 6.45) is 8.33. The Morgan fingerprint density at radius 1 is 1.00 bits per heavy atom. The quantitative estimate of drug-likeness (QED) is 0.281. The number of pyridine rings is 1. The van der Waals surface area contributed by atoms with E-state index < -0.39 is 0 Å². The van der Waals surface area contributed by atoms with E-state index in [9.17, 15) is 4.79 Å². The number of urea groups is 1. The summed E-state index contributed by atoms with van der Waals surface area (Å²) in [6.45, 7) is 4.85. The maximum absolute atomic E-state index is 12.6. The molecule has 3 aromatic heterocycles. The molecular formula is C25H35N10O+. The molecule has 3 aromatic rings. The van der Waals surface area contributed by atoms with Gasteiger partial charge >= 0.3 is 6.03 Å². The van der Waals surface area contributed by atoms with E-state index in [2.05, 4.69) is 52.5 Å². The zero-order valence-corrected chi connectivity index (χ0v) is 20.6. The molecular weight excluding hydrogens is 456 g/mol. The summed E-state index contributed by atoms with van der Waals surface area (Å²) in [5, 5.41) is 20.1. The summed E-state index contributed by atoms with van der Waals surface area (Å²) in [6, 6.07) is 10.4. The lowest BCUT2D eigenvalue weighted by Crippen LogP contribution is -3.09. The van der Waals surface area contributed by atoms with Gasteiger partial charge in [0.25, 0.3) is 0 Å². The van der Waals surface area contributed by atoms with Crippen LogP contribution in [0.3, 0.4) is 0 Å². The van der Waals surface area contributed by atoms with E-state index in [4.69, 9.17) is 0 Å².